The van der Waals surface area contributed by atoms with E-state index in [1.165, 1.54) is 0 Å². The van der Waals surface area contributed by atoms with Crippen molar-refractivity contribution in [2.75, 3.05) is 38.1 Å². The number of rotatable bonds is 10. The van der Waals surface area contributed by atoms with E-state index in [0.29, 0.717) is 38.6 Å². The number of nitrogens with zero attached hydrogens (tertiary/aromatic N) is 2. The van der Waals surface area contributed by atoms with Crippen LogP contribution in [0.4, 0.5) is 5.69 Å². The topological polar surface area (TPSA) is 72.9 Å². The van der Waals surface area contributed by atoms with Gasteiger partial charge in [-0.15, -0.1) is 0 Å². The van der Waals surface area contributed by atoms with E-state index >= 15 is 0 Å². The highest BCUT2D eigenvalue weighted by molar-refractivity contribution is 5.93. The van der Waals surface area contributed by atoms with E-state index in [1.807, 2.05) is 39.0 Å². The Hall–Kier alpha value is -1.92. The molecule has 0 saturated heterocycles. The van der Waals surface area contributed by atoms with E-state index in [1.54, 1.807) is 4.90 Å². The van der Waals surface area contributed by atoms with Crippen LogP contribution in [0.3, 0.4) is 0 Å². The average Bonchev–Trinajstić information content (AvgIpc) is 3.44. The first-order valence-electron chi connectivity index (χ1n) is 9.45. The van der Waals surface area contributed by atoms with Crippen LogP contribution in [0.1, 0.15) is 37.3 Å². The third-order valence-corrected chi connectivity index (χ3v) is 4.87. The fourth-order valence-corrected chi connectivity index (χ4v) is 3.18. The zero-order chi connectivity index (χ0) is 19.1. The van der Waals surface area contributed by atoms with Crippen LogP contribution in [0.5, 0.6) is 0 Å². The maximum atomic E-state index is 12.5. The fourth-order valence-electron chi connectivity index (χ4n) is 3.18. The zero-order valence-corrected chi connectivity index (χ0v) is 16.1. The number of benzene rings is 1. The summed E-state index contributed by atoms with van der Waals surface area (Å²) < 4.78 is 0. The Labute approximate surface area is 156 Å². The van der Waals surface area contributed by atoms with Crippen molar-refractivity contribution >= 4 is 17.5 Å². The molecule has 2 amide bonds. The van der Waals surface area contributed by atoms with Crippen molar-refractivity contribution in [2.45, 2.75) is 46.1 Å². The maximum Gasteiger partial charge on any atom is 0.238 e. The predicted molar refractivity (Wildman–Crippen MR) is 103 cm³/mol. The van der Waals surface area contributed by atoms with E-state index in [9.17, 15) is 9.59 Å². The lowest BCUT2D eigenvalue weighted by atomic mass is 10.1. The summed E-state index contributed by atoms with van der Waals surface area (Å²) in [6.45, 7) is 7.69. The van der Waals surface area contributed by atoms with Gasteiger partial charge in [0.15, 0.2) is 0 Å². The van der Waals surface area contributed by atoms with Crippen LogP contribution in [-0.4, -0.2) is 65.5 Å². The van der Waals surface area contributed by atoms with Gasteiger partial charge in [-0.05, 0) is 44.7 Å². The van der Waals surface area contributed by atoms with Crippen molar-refractivity contribution in [3.8, 4) is 0 Å². The Morgan fingerprint density at radius 3 is 2.38 bits per heavy atom. The van der Waals surface area contributed by atoms with Crippen LogP contribution in [0.15, 0.2) is 18.2 Å². The van der Waals surface area contributed by atoms with Gasteiger partial charge >= 0.3 is 0 Å². The highest BCUT2D eigenvalue weighted by Gasteiger charge is 2.30. The molecule has 0 aliphatic heterocycles. The number of para-hydroxylation sites is 1. The van der Waals surface area contributed by atoms with Crippen molar-refractivity contribution in [3.05, 3.63) is 29.3 Å². The largest absolute Gasteiger partial charge is 0.395 e. The van der Waals surface area contributed by atoms with E-state index in [0.717, 1.165) is 29.7 Å². The number of hydrogen-bond acceptors (Lipinski definition) is 4. The molecule has 1 aromatic rings. The molecule has 6 heteroatoms. The number of hydrogen-bond donors (Lipinski definition) is 2. The zero-order valence-electron chi connectivity index (χ0n) is 16.1. The quantitative estimate of drug-likeness (QED) is 0.668. The summed E-state index contributed by atoms with van der Waals surface area (Å²) in [5.74, 6) is -0.00758. The van der Waals surface area contributed by atoms with Gasteiger partial charge in [0.1, 0.15) is 0 Å². The summed E-state index contributed by atoms with van der Waals surface area (Å²) in [7, 11) is 0. The van der Waals surface area contributed by atoms with Gasteiger partial charge in [-0.1, -0.05) is 18.2 Å². The van der Waals surface area contributed by atoms with Gasteiger partial charge in [-0.2, -0.15) is 0 Å². The summed E-state index contributed by atoms with van der Waals surface area (Å²) >= 11 is 0. The predicted octanol–water partition coefficient (Wildman–Crippen LogP) is 1.94. The Morgan fingerprint density at radius 2 is 1.85 bits per heavy atom. The second-order valence-corrected chi connectivity index (χ2v) is 6.96. The molecule has 1 aliphatic rings. The summed E-state index contributed by atoms with van der Waals surface area (Å²) in [4.78, 5) is 28.5. The van der Waals surface area contributed by atoms with Crippen LogP contribution >= 0.6 is 0 Å². The molecule has 0 atom stereocenters. The summed E-state index contributed by atoms with van der Waals surface area (Å²) in [5, 5.41) is 12.1. The smallest absolute Gasteiger partial charge is 0.238 e. The van der Waals surface area contributed by atoms with Crippen molar-refractivity contribution < 1.29 is 14.7 Å². The number of aliphatic hydroxyl groups excluding tert-OH is 1. The highest BCUT2D eigenvalue weighted by Crippen LogP contribution is 2.27. The third kappa shape index (κ3) is 5.81. The monoisotopic (exact) mass is 361 g/mol. The fraction of sp³-hybridized carbons (Fsp3) is 0.600. The van der Waals surface area contributed by atoms with Gasteiger partial charge in [0, 0.05) is 37.8 Å². The van der Waals surface area contributed by atoms with Gasteiger partial charge in [-0.3, -0.25) is 14.5 Å². The normalized spacial score (nSPS) is 13.7. The maximum absolute atomic E-state index is 12.5. The van der Waals surface area contributed by atoms with E-state index in [4.69, 9.17) is 5.11 Å². The summed E-state index contributed by atoms with van der Waals surface area (Å²) in [6, 6.07) is 6.36. The Morgan fingerprint density at radius 1 is 1.19 bits per heavy atom. The number of aryl methyl sites for hydroxylation is 2. The van der Waals surface area contributed by atoms with Crippen LogP contribution in [0.25, 0.3) is 0 Å². The first kappa shape index (κ1) is 20.4. The van der Waals surface area contributed by atoms with E-state index in [2.05, 4.69) is 10.2 Å². The van der Waals surface area contributed by atoms with Gasteiger partial charge in [0.05, 0.1) is 13.2 Å². The molecule has 1 saturated carbocycles. The minimum Gasteiger partial charge on any atom is -0.395 e. The Balaban J connectivity index is 1.90. The first-order chi connectivity index (χ1) is 12.5. The van der Waals surface area contributed by atoms with E-state index < -0.39 is 0 Å². The molecule has 0 unspecified atom stereocenters. The first-order valence-corrected chi connectivity index (χ1v) is 9.45. The van der Waals surface area contributed by atoms with Crippen LogP contribution in [-0.2, 0) is 9.59 Å². The van der Waals surface area contributed by atoms with Gasteiger partial charge in [0.2, 0.25) is 11.8 Å². The Bertz CT molecular complexity index is 608. The molecule has 2 N–H and O–H groups in total. The SMILES string of the molecule is CCN(CCO)C(=O)CCN(CC(=O)Nc1c(C)cccc1C)C1CC1. The molecule has 0 radical (unpaired) electrons. The number of anilines is 1. The van der Waals surface area contributed by atoms with Crippen LogP contribution < -0.4 is 5.32 Å². The van der Waals surface area contributed by atoms with Crippen LogP contribution in [0.2, 0.25) is 0 Å². The number of carbonyl (C=O) groups is 2. The number of likely N-dealkylation sites (N-methyl/N-ethyl adjacent to an activating group) is 1. The number of amides is 2. The lowest BCUT2D eigenvalue weighted by Gasteiger charge is -2.24. The van der Waals surface area contributed by atoms with Crippen molar-refractivity contribution in [3.63, 3.8) is 0 Å². The van der Waals surface area contributed by atoms with E-state index in [-0.39, 0.29) is 18.4 Å². The number of carbonyl (C=O) groups excluding carboxylic acids is 2. The molecule has 0 spiro atoms. The highest BCUT2D eigenvalue weighted by atomic mass is 16.3. The Kier molecular flexibility index (Phi) is 7.60. The second-order valence-electron chi connectivity index (χ2n) is 6.96. The standard InChI is InChI=1S/C20H31N3O3/c1-4-22(12-13-24)19(26)10-11-23(17-8-9-17)14-18(25)21-20-15(2)6-5-7-16(20)3/h5-7,17,24H,4,8-14H2,1-3H3,(H,21,25). The molecule has 0 bridgehead atoms. The van der Waals surface area contributed by atoms with Crippen molar-refractivity contribution in [1.82, 2.24) is 9.80 Å². The number of aliphatic hydroxyl groups is 1. The minimum atomic E-state index is -0.0375. The molecule has 1 fully saturated rings. The molecule has 144 valence electrons. The molecular formula is C20H31N3O3. The van der Waals surface area contributed by atoms with Crippen molar-refractivity contribution in [1.29, 1.82) is 0 Å². The average molecular weight is 361 g/mol. The summed E-state index contributed by atoms with van der Waals surface area (Å²) in [6.07, 6.45) is 2.54. The lowest BCUT2D eigenvalue weighted by Crippen LogP contribution is -2.39. The van der Waals surface area contributed by atoms with Gasteiger partial charge < -0.3 is 15.3 Å². The number of nitrogens with one attached hydrogen (secondary N) is 1. The second kappa shape index (κ2) is 9.69. The minimum absolute atomic E-state index is 0.0237. The summed E-state index contributed by atoms with van der Waals surface area (Å²) in [5.41, 5.74) is 2.98. The molecule has 6 nitrogen and oxygen atoms in total. The molecule has 1 aliphatic carbocycles. The third-order valence-electron chi connectivity index (χ3n) is 4.87. The molecular weight excluding hydrogens is 330 g/mol. The van der Waals surface area contributed by atoms with Crippen molar-refractivity contribution in [2.24, 2.45) is 0 Å². The molecule has 0 aromatic heterocycles. The molecule has 0 heterocycles. The van der Waals surface area contributed by atoms with Crippen LogP contribution in [0, 0.1) is 13.8 Å². The molecule has 2 rings (SSSR count). The van der Waals surface area contributed by atoms with Gasteiger partial charge in [-0.25, -0.2) is 0 Å². The molecule has 1 aromatic carbocycles. The molecule has 26 heavy (non-hydrogen) atoms. The van der Waals surface area contributed by atoms with Gasteiger partial charge in [0.25, 0.3) is 0 Å². The lowest BCUT2D eigenvalue weighted by molar-refractivity contribution is -0.132.